The van der Waals surface area contributed by atoms with Gasteiger partial charge in [0.15, 0.2) is 5.79 Å². The number of aliphatic hydroxyl groups excluding tert-OH is 2. The van der Waals surface area contributed by atoms with Gasteiger partial charge in [-0.2, -0.15) is 0 Å². The molecule has 0 saturated heterocycles. The van der Waals surface area contributed by atoms with Crippen LogP contribution in [-0.2, 0) is 14.9 Å². The average Bonchev–Trinajstić information content (AvgIpc) is 2.83. The molecule has 0 bridgehead atoms. The molecular formula is C26H30O4. The Morgan fingerprint density at radius 1 is 0.600 bits per heavy atom. The molecular weight excluding hydrogens is 376 g/mol. The minimum Gasteiger partial charge on any atom is -0.396 e. The monoisotopic (exact) mass is 406 g/mol. The lowest BCUT2D eigenvalue weighted by atomic mass is 9.56. The van der Waals surface area contributed by atoms with Gasteiger partial charge in [-0.15, -0.1) is 0 Å². The van der Waals surface area contributed by atoms with Crippen LogP contribution in [0.1, 0.15) is 23.6 Å². The maximum absolute atomic E-state index is 10.5. The second-order valence-corrected chi connectivity index (χ2v) is 7.75. The van der Waals surface area contributed by atoms with E-state index in [1.54, 1.807) is 21.1 Å². The summed E-state index contributed by atoms with van der Waals surface area (Å²) in [5, 5.41) is 20.9. The molecule has 2 N–H and O–H groups in total. The van der Waals surface area contributed by atoms with Crippen LogP contribution in [0.25, 0.3) is 0 Å². The van der Waals surface area contributed by atoms with Crippen LogP contribution in [-0.4, -0.2) is 43.4 Å². The van der Waals surface area contributed by atoms with Crippen molar-refractivity contribution in [3.63, 3.8) is 0 Å². The summed E-state index contributed by atoms with van der Waals surface area (Å²) >= 11 is 0. The quantitative estimate of drug-likeness (QED) is 0.417. The van der Waals surface area contributed by atoms with Gasteiger partial charge in [0.05, 0.1) is 24.0 Å². The fraction of sp³-hybridized carbons (Fsp3) is 0.308. The normalized spacial score (nSPS) is 12.7. The zero-order chi connectivity index (χ0) is 21.7. The predicted molar refractivity (Wildman–Crippen MR) is 118 cm³/mol. The fourth-order valence-electron chi connectivity index (χ4n) is 4.73. The van der Waals surface area contributed by atoms with Gasteiger partial charge in [0.25, 0.3) is 0 Å². The third kappa shape index (κ3) is 3.17. The number of hydrogen-bond acceptors (Lipinski definition) is 4. The molecule has 0 heterocycles. The number of aliphatic hydroxyl groups is 2. The topological polar surface area (TPSA) is 58.9 Å². The number of ether oxygens (including phenoxy) is 2. The molecule has 0 aromatic heterocycles. The lowest BCUT2D eigenvalue weighted by Gasteiger charge is -2.56. The third-order valence-electron chi connectivity index (χ3n) is 6.18. The highest BCUT2D eigenvalue weighted by Gasteiger charge is 2.65. The number of hydrogen-bond donors (Lipinski definition) is 2. The Morgan fingerprint density at radius 3 is 1.13 bits per heavy atom. The van der Waals surface area contributed by atoms with Crippen LogP contribution < -0.4 is 0 Å². The van der Waals surface area contributed by atoms with Gasteiger partial charge in [-0.25, -0.2) is 0 Å². The van der Waals surface area contributed by atoms with Crippen molar-refractivity contribution in [2.24, 2.45) is 5.41 Å². The van der Waals surface area contributed by atoms with Crippen LogP contribution in [0.2, 0.25) is 0 Å². The van der Waals surface area contributed by atoms with E-state index >= 15 is 0 Å². The minimum atomic E-state index is -1.44. The van der Waals surface area contributed by atoms with E-state index in [9.17, 15) is 10.2 Å². The van der Waals surface area contributed by atoms with E-state index in [1.807, 2.05) is 91.0 Å². The third-order valence-corrected chi connectivity index (χ3v) is 6.18. The molecule has 0 saturated carbocycles. The van der Waals surface area contributed by atoms with E-state index in [4.69, 9.17) is 9.47 Å². The van der Waals surface area contributed by atoms with Crippen molar-refractivity contribution in [1.82, 2.24) is 0 Å². The summed E-state index contributed by atoms with van der Waals surface area (Å²) in [6.07, 6.45) is 0. The van der Waals surface area contributed by atoms with Gasteiger partial charge in [-0.1, -0.05) is 91.0 Å². The van der Waals surface area contributed by atoms with Gasteiger partial charge in [0.2, 0.25) is 0 Å². The Labute approximate surface area is 178 Å². The smallest absolute Gasteiger partial charge is 0.195 e. The molecule has 0 aliphatic rings. The van der Waals surface area contributed by atoms with Crippen LogP contribution in [0, 0.1) is 5.41 Å². The van der Waals surface area contributed by atoms with Crippen molar-refractivity contribution in [1.29, 1.82) is 0 Å². The first-order chi connectivity index (χ1) is 14.6. The standard InChI is InChI=1S/C26H30O4/c1-24(19-27,20-28)26(29-2,30-3)25(21-13-7-4-8-14-21,22-15-9-5-10-16-22)23-17-11-6-12-18-23/h4-18,27-28H,19-20H2,1-3H3. The molecule has 30 heavy (non-hydrogen) atoms. The molecule has 0 aliphatic heterocycles. The first-order valence-electron chi connectivity index (χ1n) is 10.0. The molecule has 0 unspecified atom stereocenters. The summed E-state index contributed by atoms with van der Waals surface area (Å²) in [6, 6.07) is 29.9. The Kier molecular flexibility index (Phi) is 6.74. The van der Waals surface area contributed by atoms with Crippen molar-refractivity contribution in [3.05, 3.63) is 108 Å². The lowest BCUT2D eigenvalue weighted by Crippen LogP contribution is -2.66. The number of benzene rings is 3. The highest BCUT2D eigenvalue weighted by Crippen LogP contribution is 2.56. The number of methoxy groups -OCH3 is 2. The molecule has 3 aromatic rings. The van der Waals surface area contributed by atoms with Gasteiger partial charge in [-0.05, 0) is 23.6 Å². The summed E-state index contributed by atoms with van der Waals surface area (Å²) in [5.74, 6) is -1.44. The second kappa shape index (κ2) is 9.11. The molecule has 0 spiro atoms. The van der Waals surface area contributed by atoms with Crippen molar-refractivity contribution < 1.29 is 19.7 Å². The zero-order valence-corrected chi connectivity index (χ0v) is 17.8. The Bertz CT molecular complexity index is 805. The SMILES string of the molecule is COC(OC)(C(C)(CO)CO)C(c1ccccc1)(c1ccccc1)c1ccccc1. The summed E-state index contributed by atoms with van der Waals surface area (Å²) in [6.45, 7) is 1.11. The Morgan fingerprint density at radius 2 is 0.900 bits per heavy atom. The lowest BCUT2D eigenvalue weighted by molar-refractivity contribution is -0.310. The molecule has 0 aliphatic carbocycles. The molecule has 4 nitrogen and oxygen atoms in total. The maximum atomic E-state index is 10.5. The molecule has 3 aromatic carbocycles. The maximum Gasteiger partial charge on any atom is 0.195 e. The first-order valence-corrected chi connectivity index (χ1v) is 10.0. The Balaban J connectivity index is 2.57. The molecule has 158 valence electrons. The van der Waals surface area contributed by atoms with E-state index in [0.29, 0.717) is 0 Å². The van der Waals surface area contributed by atoms with Crippen molar-refractivity contribution in [2.45, 2.75) is 18.1 Å². The largest absolute Gasteiger partial charge is 0.396 e. The summed E-state index contributed by atoms with van der Waals surface area (Å²) < 4.78 is 12.4. The van der Waals surface area contributed by atoms with E-state index < -0.39 is 16.6 Å². The Hall–Kier alpha value is -2.50. The molecule has 0 radical (unpaired) electrons. The van der Waals surface area contributed by atoms with Crippen molar-refractivity contribution in [3.8, 4) is 0 Å². The molecule has 3 rings (SSSR count). The van der Waals surface area contributed by atoms with E-state index in [2.05, 4.69) is 0 Å². The van der Waals surface area contributed by atoms with E-state index in [1.165, 1.54) is 0 Å². The second-order valence-electron chi connectivity index (χ2n) is 7.75. The van der Waals surface area contributed by atoms with Gasteiger partial charge in [0.1, 0.15) is 0 Å². The van der Waals surface area contributed by atoms with Crippen LogP contribution in [0.15, 0.2) is 91.0 Å². The van der Waals surface area contributed by atoms with Crippen LogP contribution in [0.5, 0.6) is 0 Å². The van der Waals surface area contributed by atoms with Crippen molar-refractivity contribution in [2.75, 3.05) is 27.4 Å². The summed E-state index contributed by atoms with van der Waals surface area (Å²) in [5.41, 5.74) is 0.663. The van der Waals surface area contributed by atoms with E-state index in [0.717, 1.165) is 16.7 Å². The average molecular weight is 407 g/mol. The van der Waals surface area contributed by atoms with Gasteiger partial charge >= 0.3 is 0 Å². The molecule has 0 atom stereocenters. The molecule has 4 heteroatoms. The summed E-state index contributed by atoms with van der Waals surface area (Å²) in [4.78, 5) is 0. The van der Waals surface area contributed by atoms with Gasteiger partial charge in [-0.3, -0.25) is 0 Å². The predicted octanol–water partition coefficient (Wildman–Crippen LogP) is 4.00. The van der Waals surface area contributed by atoms with Crippen LogP contribution >= 0.6 is 0 Å². The zero-order valence-electron chi connectivity index (χ0n) is 17.8. The van der Waals surface area contributed by atoms with E-state index in [-0.39, 0.29) is 13.2 Å². The molecule has 0 fully saturated rings. The highest BCUT2D eigenvalue weighted by molar-refractivity contribution is 5.54. The highest BCUT2D eigenvalue weighted by atomic mass is 16.7. The first kappa shape index (κ1) is 22.2. The number of rotatable bonds is 9. The van der Waals surface area contributed by atoms with Gasteiger partial charge in [0, 0.05) is 14.2 Å². The minimum absolute atomic E-state index is 0.334. The van der Waals surface area contributed by atoms with Crippen molar-refractivity contribution >= 4 is 0 Å². The summed E-state index contributed by atoms with van der Waals surface area (Å²) in [7, 11) is 3.13. The molecule has 0 amide bonds. The van der Waals surface area contributed by atoms with Gasteiger partial charge < -0.3 is 19.7 Å². The fourth-order valence-corrected chi connectivity index (χ4v) is 4.73. The van der Waals surface area contributed by atoms with Crippen LogP contribution in [0.4, 0.5) is 0 Å². The van der Waals surface area contributed by atoms with Crippen LogP contribution in [0.3, 0.4) is 0 Å².